The first-order valence-electron chi connectivity index (χ1n) is 8.25. The smallest absolute Gasteiger partial charge is 0.344 e. The molecular formula is C18H16F9NS. The third-order valence-corrected chi connectivity index (χ3v) is 5.02. The molecule has 1 aliphatic rings. The molecule has 1 nitrogen and oxygen atoms in total. The summed E-state index contributed by atoms with van der Waals surface area (Å²) < 4.78 is 118. The van der Waals surface area contributed by atoms with Crippen molar-refractivity contribution in [3.63, 3.8) is 0 Å². The molecule has 0 spiro atoms. The fraction of sp³-hybridized carbons (Fsp3) is 0.500. The van der Waals surface area contributed by atoms with Gasteiger partial charge in [-0.15, -0.1) is 0 Å². The number of hydrogen-bond donors (Lipinski definition) is 0. The summed E-state index contributed by atoms with van der Waals surface area (Å²) in [5, 5.41) is 1.17. The number of para-hydroxylation sites is 1. The molecule has 0 fully saturated rings. The summed E-state index contributed by atoms with van der Waals surface area (Å²) in [5.74, 6) is -19.1. The molecular weight excluding hydrogens is 433 g/mol. The lowest BCUT2D eigenvalue weighted by atomic mass is 9.84. The van der Waals surface area contributed by atoms with Crippen LogP contribution in [-0.2, 0) is 5.41 Å². The Morgan fingerprint density at radius 2 is 1.48 bits per heavy atom. The molecule has 1 aromatic carbocycles. The van der Waals surface area contributed by atoms with Gasteiger partial charge < -0.3 is 4.90 Å². The average molecular weight is 449 g/mol. The van der Waals surface area contributed by atoms with Gasteiger partial charge >= 0.3 is 23.9 Å². The summed E-state index contributed by atoms with van der Waals surface area (Å²) in [4.78, 5) is 1.17. The monoisotopic (exact) mass is 449 g/mol. The maximum Gasteiger partial charge on any atom is 0.460 e. The third kappa shape index (κ3) is 3.62. The number of halogens is 9. The Balaban J connectivity index is 2.39. The topological polar surface area (TPSA) is 3.24 Å². The minimum Gasteiger partial charge on any atom is -0.344 e. The number of anilines is 1. The van der Waals surface area contributed by atoms with E-state index in [1.807, 2.05) is 0 Å². The van der Waals surface area contributed by atoms with Crippen molar-refractivity contribution in [3.8, 4) is 0 Å². The molecule has 29 heavy (non-hydrogen) atoms. The summed E-state index contributed by atoms with van der Waals surface area (Å²) in [6.07, 6.45) is -7.40. The molecule has 0 atom stereocenters. The second-order valence-corrected chi connectivity index (χ2v) is 7.35. The molecule has 1 heterocycles. The van der Waals surface area contributed by atoms with Crippen LogP contribution in [-0.4, -0.2) is 35.9 Å². The summed E-state index contributed by atoms with van der Waals surface area (Å²) >= 11 is 4.74. The first kappa shape index (κ1) is 23.5. The van der Waals surface area contributed by atoms with E-state index in [1.165, 1.54) is 22.4 Å². The van der Waals surface area contributed by atoms with Gasteiger partial charge in [0.15, 0.2) is 0 Å². The number of thiocarbonyl (C=S) groups is 1. The largest absolute Gasteiger partial charge is 0.460 e. The molecule has 0 N–H and O–H groups in total. The lowest BCUT2D eigenvalue weighted by Gasteiger charge is -2.35. The molecule has 1 aliphatic heterocycles. The number of alkyl halides is 9. The van der Waals surface area contributed by atoms with Gasteiger partial charge in [0.1, 0.15) is 0 Å². The van der Waals surface area contributed by atoms with Crippen LogP contribution >= 0.6 is 12.2 Å². The van der Waals surface area contributed by atoms with Crippen LogP contribution in [0.4, 0.5) is 45.2 Å². The zero-order valence-corrected chi connectivity index (χ0v) is 16.0. The van der Waals surface area contributed by atoms with E-state index in [2.05, 4.69) is 0 Å². The van der Waals surface area contributed by atoms with Gasteiger partial charge in [0, 0.05) is 35.1 Å². The minimum atomic E-state index is -6.89. The van der Waals surface area contributed by atoms with Crippen LogP contribution < -0.4 is 4.90 Å². The number of benzene rings is 1. The minimum absolute atomic E-state index is 0.329. The predicted molar refractivity (Wildman–Crippen MR) is 94.1 cm³/mol. The first-order chi connectivity index (χ1) is 13.0. The highest BCUT2D eigenvalue weighted by molar-refractivity contribution is 7.79. The molecule has 0 aromatic heterocycles. The van der Waals surface area contributed by atoms with Gasteiger partial charge in [-0.05, 0) is 17.7 Å². The molecule has 0 aliphatic carbocycles. The second kappa shape index (κ2) is 7.17. The van der Waals surface area contributed by atoms with Crippen molar-refractivity contribution in [3.05, 3.63) is 41.6 Å². The molecule has 11 heteroatoms. The summed E-state index contributed by atoms with van der Waals surface area (Å²) in [6.45, 7) is 2.49. The Kier molecular flexibility index (Phi) is 5.81. The van der Waals surface area contributed by atoms with E-state index < -0.39 is 42.3 Å². The summed E-state index contributed by atoms with van der Waals surface area (Å²) in [6, 6.07) is 6.37. The van der Waals surface area contributed by atoms with Crippen LogP contribution in [0.5, 0.6) is 0 Å². The molecule has 0 bridgehead atoms. The van der Waals surface area contributed by atoms with Crippen LogP contribution in [0, 0.1) is 0 Å². The standard InChI is InChI=1S/C18H16F9NS/c1-14(2)11-5-3-4-6-12(11)28(13(14)7-10-29)9-8-15(19,20)16(21,22)17(23,24)18(25,26)27/h3-7,10H,8-9H2,1-2H3. The van der Waals surface area contributed by atoms with E-state index in [4.69, 9.17) is 12.2 Å². The van der Waals surface area contributed by atoms with Gasteiger partial charge in [0.05, 0.1) is 0 Å². The van der Waals surface area contributed by atoms with Crippen molar-refractivity contribution in [1.29, 1.82) is 0 Å². The van der Waals surface area contributed by atoms with Gasteiger partial charge in [-0.1, -0.05) is 44.3 Å². The number of allylic oxidation sites excluding steroid dienone is 2. The molecule has 0 amide bonds. The van der Waals surface area contributed by atoms with Crippen LogP contribution in [0.1, 0.15) is 25.8 Å². The third-order valence-electron chi connectivity index (χ3n) is 4.88. The second-order valence-electron chi connectivity index (χ2n) is 7.08. The van der Waals surface area contributed by atoms with Crippen molar-refractivity contribution in [2.75, 3.05) is 11.4 Å². The van der Waals surface area contributed by atoms with Gasteiger partial charge in [0.2, 0.25) is 0 Å². The highest BCUT2D eigenvalue weighted by Crippen LogP contribution is 2.55. The Labute approximate surface area is 166 Å². The fourth-order valence-electron chi connectivity index (χ4n) is 3.26. The molecule has 2 rings (SSSR count). The van der Waals surface area contributed by atoms with Crippen LogP contribution in [0.2, 0.25) is 0 Å². The summed E-state index contributed by atoms with van der Waals surface area (Å²) in [5.41, 5.74) is 0.538. The number of hydrogen-bond acceptors (Lipinski definition) is 2. The van der Waals surface area contributed by atoms with Crippen molar-refractivity contribution in [2.24, 2.45) is 0 Å². The quantitative estimate of drug-likeness (QED) is 0.276. The van der Waals surface area contributed by atoms with E-state index in [0.29, 0.717) is 16.9 Å². The van der Waals surface area contributed by atoms with E-state index in [-0.39, 0.29) is 0 Å². The van der Waals surface area contributed by atoms with Crippen LogP contribution in [0.25, 0.3) is 0 Å². The highest BCUT2D eigenvalue weighted by Gasteiger charge is 2.81. The molecule has 0 saturated carbocycles. The Morgan fingerprint density at radius 1 is 0.931 bits per heavy atom. The Bertz CT molecular complexity index is 812. The van der Waals surface area contributed by atoms with Crippen LogP contribution in [0.3, 0.4) is 0 Å². The lowest BCUT2D eigenvalue weighted by Crippen LogP contribution is -2.61. The van der Waals surface area contributed by atoms with Crippen molar-refractivity contribution in [1.82, 2.24) is 0 Å². The first-order valence-corrected chi connectivity index (χ1v) is 8.72. The normalized spacial score (nSPS) is 18.9. The Morgan fingerprint density at radius 3 is 2.00 bits per heavy atom. The van der Waals surface area contributed by atoms with Crippen molar-refractivity contribution < 1.29 is 39.5 Å². The molecule has 1 aromatic rings. The van der Waals surface area contributed by atoms with E-state index in [9.17, 15) is 39.5 Å². The van der Waals surface area contributed by atoms with E-state index >= 15 is 0 Å². The number of rotatable bonds is 6. The zero-order valence-electron chi connectivity index (χ0n) is 15.1. The number of nitrogens with zero attached hydrogens (tertiary/aromatic N) is 1. The lowest BCUT2D eigenvalue weighted by molar-refractivity contribution is -0.396. The fourth-order valence-corrected chi connectivity index (χ4v) is 3.39. The molecule has 0 saturated heterocycles. The van der Waals surface area contributed by atoms with Gasteiger partial charge in [-0.25, -0.2) is 0 Å². The van der Waals surface area contributed by atoms with E-state index in [1.54, 1.807) is 32.0 Å². The molecule has 162 valence electrons. The van der Waals surface area contributed by atoms with E-state index in [0.717, 1.165) is 0 Å². The highest BCUT2D eigenvalue weighted by atomic mass is 32.1. The maximum absolute atomic E-state index is 14.0. The Hall–Kier alpha value is -1.78. The van der Waals surface area contributed by atoms with Gasteiger partial charge in [-0.3, -0.25) is 0 Å². The van der Waals surface area contributed by atoms with Crippen molar-refractivity contribution in [2.45, 2.75) is 49.6 Å². The zero-order chi connectivity index (χ0) is 22.5. The van der Waals surface area contributed by atoms with Gasteiger partial charge in [-0.2, -0.15) is 39.5 Å². The predicted octanol–water partition coefficient (Wildman–Crippen LogP) is 6.53. The molecule has 0 radical (unpaired) electrons. The summed E-state index contributed by atoms with van der Waals surface area (Å²) in [7, 11) is 0. The SMILES string of the molecule is CC1(C)C(=CC=S)N(CCC(F)(F)C(F)(F)C(F)(F)C(F)(F)F)c2ccccc21. The van der Waals surface area contributed by atoms with Crippen molar-refractivity contribution >= 4 is 23.3 Å². The maximum atomic E-state index is 14.0. The molecule has 0 unspecified atom stereocenters. The van der Waals surface area contributed by atoms with Crippen LogP contribution in [0.15, 0.2) is 36.0 Å². The number of fused-ring (bicyclic) bond motifs is 1. The average Bonchev–Trinajstić information content (AvgIpc) is 2.80. The van der Waals surface area contributed by atoms with Gasteiger partial charge in [0.25, 0.3) is 0 Å².